The summed E-state index contributed by atoms with van der Waals surface area (Å²) in [5.74, 6) is 0.626. The molecule has 7 heteroatoms. The number of allylic oxidation sites excluding steroid dienone is 2. The molecule has 1 aromatic carbocycles. The maximum Gasteiger partial charge on any atom is 0.325 e. The number of hydrogen-bond acceptors (Lipinski definition) is 4. The van der Waals surface area contributed by atoms with Crippen LogP contribution in [0.5, 0.6) is 0 Å². The topological polar surface area (TPSA) is 66.9 Å². The van der Waals surface area contributed by atoms with E-state index in [1.54, 1.807) is 24.3 Å². The summed E-state index contributed by atoms with van der Waals surface area (Å²) >= 11 is 7.31. The molecule has 0 bridgehead atoms. The molecule has 1 atom stereocenters. The number of urea groups is 1. The van der Waals surface area contributed by atoms with E-state index in [1.807, 2.05) is 0 Å². The summed E-state index contributed by atoms with van der Waals surface area (Å²) in [6.07, 6.45) is 8.79. The lowest BCUT2D eigenvalue weighted by Gasteiger charge is -2.15. The molecule has 1 aliphatic carbocycles. The van der Waals surface area contributed by atoms with E-state index in [-0.39, 0.29) is 6.03 Å². The smallest absolute Gasteiger partial charge is 0.308 e. The fourth-order valence-corrected chi connectivity index (χ4v) is 3.54. The second-order valence-electron chi connectivity index (χ2n) is 5.45. The molecule has 1 unspecified atom stereocenters. The van der Waals surface area contributed by atoms with Gasteiger partial charge in [0.05, 0.1) is 0 Å². The van der Waals surface area contributed by atoms with Gasteiger partial charge < -0.3 is 5.32 Å². The summed E-state index contributed by atoms with van der Waals surface area (Å²) in [5, 5.41) is 15.7. The van der Waals surface area contributed by atoms with Gasteiger partial charge in [-0.2, -0.15) is 0 Å². The normalized spacial score (nSPS) is 17.0. The number of anilines is 2. The van der Waals surface area contributed by atoms with Crippen molar-refractivity contribution in [1.29, 1.82) is 0 Å². The molecule has 2 aromatic rings. The third-order valence-corrected chi connectivity index (χ3v) is 4.71. The number of hydrogen-bond donors (Lipinski definition) is 2. The molecule has 5 nitrogen and oxygen atoms in total. The van der Waals surface area contributed by atoms with E-state index in [4.69, 9.17) is 11.6 Å². The zero-order valence-corrected chi connectivity index (χ0v) is 14.0. The maximum absolute atomic E-state index is 12.0. The van der Waals surface area contributed by atoms with E-state index >= 15 is 0 Å². The van der Waals surface area contributed by atoms with Crippen LogP contribution in [-0.2, 0) is 6.42 Å². The Morgan fingerprint density at radius 3 is 3.00 bits per heavy atom. The molecule has 2 amide bonds. The minimum absolute atomic E-state index is 0.351. The number of rotatable bonds is 4. The van der Waals surface area contributed by atoms with Crippen molar-refractivity contribution < 1.29 is 4.79 Å². The third kappa shape index (κ3) is 4.77. The third-order valence-electron chi connectivity index (χ3n) is 3.61. The molecule has 2 N–H and O–H groups in total. The molecule has 0 spiro atoms. The Hall–Kier alpha value is -1.92. The van der Waals surface area contributed by atoms with Gasteiger partial charge in [-0.15, -0.1) is 10.2 Å². The summed E-state index contributed by atoms with van der Waals surface area (Å²) in [5.41, 5.74) is 0.633. The SMILES string of the molecule is O=C(Nc1cccc(Cl)c1)Nc1nnc(CC2CC=CCC2)s1. The first-order valence-corrected chi connectivity index (χ1v) is 8.69. The summed E-state index contributed by atoms with van der Waals surface area (Å²) in [6.45, 7) is 0. The molecule has 0 fully saturated rings. The second-order valence-corrected chi connectivity index (χ2v) is 6.94. The minimum atomic E-state index is -0.351. The molecule has 3 rings (SSSR count). The summed E-state index contributed by atoms with van der Waals surface area (Å²) < 4.78 is 0. The average molecular weight is 349 g/mol. The molecule has 120 valence electrons. The van der Waals surface area contributed by atoms with Crippen LogP contribution < -0.4 is 10.6 Å². The molecule has 1 aromatic heterocycles. The van der Waals surface area contributed by atoms with Crippen molar-refractivity contribution in [3.63, 3.8) is 0 Å². The van der Waals surface area contributed by atoms with Gasteiger partial charge in [-0.1, -0.05) is 41.2 Å². The Bertz CT molecular complexity index is 716. The van der Waals surface area contributed by atoms with Crippen molar-refractivity contribution in [1.82, 2.24) is 10.2 Å². The van der Waals surface area contributed by atoms with Gasteiger partial charge >= 0.3 is 6.03 Å². The fraction of sp³-hybridized carbons (Fsp3) is 0.312. The molecular weight excluding hydrogens is 332 g/mol. The van der Waals surface area contributed by atoms with Crippen LogP contribution in [0.3, 0.4) is 0 Å². The van der Waals surface area contributed by atoms with Gasteiger partial charge in [0, 0.05) is 17.1 Å². The van der Waals surface area contributed by atoms with Gasteiger partial charge in [-0.25, -0.2) is 4.79 Å². The van der Waals surface area contributed by atoms with Crippen molar-refractivity contribution in [2.75, 3.05) is 10.6 Å². The number of nitrogens with one attached hydrogen (secondary N) is 2. The number of aromatic nitrogens is 2. The Morgan fingerprint density at radius 2 is 2.22 bits per heavy atom. The van der Waals surface area contributed by atoms with Crippen molar-refractivity contribution in [3.8, 4) is 0 Å². The number of benzene rings is 1. The molecule has 1 heterocycles. The van der Waals surface area contributed by atoms with E-state index in [0.717, 1.165) is 24.3 Å². The first kappa shape index (κ1) is 16.0. The quantitative estimate of drug-likeness (QED) is 0.784. The standard InChI is InChI=1S/C16H17ClN4OS/c17-12-7-4-8-13(10-12)18-15(22)19-16-21-20-14(23-16)9-11-5-2-1-3-6-11/h1-2,4,7-8,10-11H,3,5-6,9H2,(H2,18,19,21,22). The molecule has 0 saturated carbocycles. The highest BCUT2D eigenvalue weighted by Gasteiger charge is 2.15. The number of nitrogens with zero attached hydrogens (tertiary/aromatic N) is 2. The Kier molecular flexibility index (Phi) is 5.25. The number of halogens is 1. The van der Waals surface area contributed by atoms with Gasteiger partial charge in [0.15, 0.2) is 0 Å². The van der Waals surface area contributed by atoms with Gasteiger partial charge in [0.1, 0.15) is 5.01 Å². The van der Waals surface area contributed by atoms with Crippen LogP contribution in [0, 0.1) is 5.92 Å². The predicted octanol–water partition coefficient (Wildman–Crippen LogP) is 4.73. The van der Waals surface area contributed by atoms with E-state index in [2.05, 4.69) is 33.0 Å². The monoisotopic (exact) mass is 348 g/mol. The molecular formula is C16H17ClN4OS. The van der Waals surface area contributed by atoms with E-state index in [0.29, 0.717) is 21.8 Å². The van der Waals surface area contributed by atoms with Crippen LogP contribution in [0.1, 0.15) is 24.3 Å². The summed E-state index contributed by atoms with van der Waals surface area (Å²) in [7, 11) is 0. The van der Waals surface area contributed by atoms with Gasteiger partial charge in [-0.05, 0) is 43.4 Å². The molecule has 23 heavy (non-hydrogen) atoms. The maximum atomic E-state index is 12.0. The van der Waals surface area contributed by atoms with Crippen LogP contribution in [0.2, 0.25) is 5.02 Å². The van der Waals surface area contributed by atoms with Crippen molar-refractivity contribution in [2.24, 2.45) is 5.92 Å². The van der Waals surface area contributed by atoms with Crippen LogP contribution in [0.25, 0.3) is 0 Å². The highest BCUT2D eigenvalue weighted by atomic mass is 35.5. The van der Waals surface area contributed by atoms with E-state index in [1.165, 1.54) is 17.8 Å². The Labute approximate surface area is 143 Å². The summed E-state index contributed by atoms with van der Waals surface area (Å²) in [6, 6.07) is 6.63. The number of amides is 2. The predicted molar refractivity (Wildman–Crippen MR) is 94.2 cm³/mol. The van der Waals surface area contributed by atoms with Crippen molar-refractivity contribution in [2.45, 2.75) is 25.7 Å². The van der Waals surface area contributed by atoms with E-state index < -0.39 is 0 Å². The van der Waals surface area contributed by atoms with Crippen molar-refractivity contribution in [3.05, 3.63) is 46.4 Å². The number of carbonyl (C=O) groups is 1. The molecule has 1 aliphatic rings. The minimum Gasteiger partial charge on any atom is -0.308 e. The van der Waals surface area contributed by atoms with Gasteiger partial charge in [0.2, 0.25) is 5.13 Å². The second kappa shape index (κ2) is 7.57. The first-order valence-electron chi connectivity index (χ1n) is 7.50. The first-order chi connectivity index (χ1) is 11.2. The zero-order valence-electron chi connectivity index (χ0n) is 12.5. The highest BCUT2D eigenvalue weighted by molar-refractivity contribution is 7.15. The largest absolute Gasteiger partial charge is 0.325 e. The van der Waals surface area contributed by atoms with Crippen LogP contribution in [0.4, 0.5) is 15.6 Å². The highest BCUT2D eigenvalue weighted by Crippen LogP contribution is 2.25. The lowest BCUT2D eigenvalue weighted by Crippen LogP contribution is -2.19. The van der Waals surface area contributed by atoms with E-state index in [9.17, 15) is 4.79 Å². The fourth-order valence-electron chi connectivity index (χ4n) is 2.50. The molecule has 0 radical (unpaired) electrons. The number of carbonyl (C=O) groups excluding carboxylic acids is 1. The lowest BCUT2D eigenvalue weighted by atomic mass is 9.92. The lowest BCUT2D eigenvalue weighted by molar-refractivity contribution is 0.262. The zero-order chi connectivity index (χ0) is 16.1. The molecule has 0 saturated heterocycles. The average Bonchev–Trinajstić information content (AvgIpc) is 2.95. The molecule has 0 aliphatic heterocycles. The van der Waals surface area contributed by atoms with Crippen LogP contribution in [0.15, 0.2) is 36.4 Å². The van der Waals surface area contributed by atoms with Crippen molar-refractivity contribution >= 4 is 39.8 Å². The van der Waals surface area contributed by atoms with Crippen LogP contribution in [-0.4, -0.2) is 16.2 Å². The Morgan fingerprint density at radius 1 is 1.30 bits per heavy atom. The summed E-state index contributed by atoms with van der Waals surface area (Å²) in [4.78, 5) is 12.0. The van der Waals surface area contributed by atoms with Crippen LogP contribution >= 0.6 is 22.9 Å². The van der Waals surface area contributed by atoms with Gasteiger partial charge in [0.25, 0.3) is 0 Å². The Balaban J connectivity index is 1.53. The van der Waals surface area contributed by atoms with Gasteiger partial charge in [-0.3, -0.25) is 5.32 Å².